The number of anilines is 1. The van der Waals surface area contributed by atoms with E-state index in [1.54, 1.807) is 6.92 Å². The van der Waals surface area contributed by atoms with E-state index in [9.17, 15) is 9.59 Å². The quantitative estimate of drug-likeness (QED) is 0.746. The molecule has 1 aliphatic rings. The van der Waals surface area contributed by atoms with E-state index in [0.717, 1.165) is 30.0 Å². The van der Waals surface area contributed by atoms with Crippen molar-refractivity contribution in [2.24, 2.45) is 11.7 Å². The zero-order chi connectivity index (χ0) is 17.5. The molecule has 1 aromatic rings. The van der Waals surface area contributed by atoms with Crippen LogP contribution < -0.4 is 16.4 Å². The van der Waals surface area contributed by atoms with Crippen molar-refractivity contribution in [2.45, 2.75) is 58.3 Å². The van der Waals surface area contributed by atoms with Gasteiger partial charge in [0.25, 0.3) is 0 Å². The Morgan fingerprint density at radius 3 is 2.88 bits per heavy atom. The number of ether oxygens (including phenoxy) is 1. The monoisotopic (exact) mass is 333 g/mol. The Bertz CT molecular complexity index is 576. The summed E-state index contributed by atoms with van der Waals surface area (Å²) < 4.78 is 6.03. The Morgan fingerprint density at radius 2 is 2.17 bits per heavy atom. The molecule has 0 aliphatic heterocycles. The fraction of sp³-hybridized carbons (Fsp3) is 0.556. The molecule has 132 valence electrons. The predicted octanol–water partition coefficient (Wildman–Crippen LogP) is 2.78. The molecule has 0 saturated heterocycles. The van der Waals surface area contributed by atoms with Gasteiger partial charge in [0.2, 0.25) is 5.91 Å². The zero-order valence-corrected chi connectivity index (χ0v) is 14.4. The molecule has 0 spiro atoms. The standard InChI is InChI=1S/C18H27N3O3/c1-12-5-3-8-16(9-12)24-11-14-6-4-7-15(10-14)20-13(2)17(22)21-18(19)23/h4,6-7,10,12-13,16,20H,3,5,8-9,11H2,1-2H3,(H3,19,21,22,23)/t12-,13+,16+/m1/s1. The number of nitrogens with two attached hydrogens (primary N) is 1. The summed E-state index contributed by atoms with van der Waals surface area (Å²) in [5.74, 6) is 0.279. The fourth-order valence-corrected chi connectivity index (χ4v) is 3.04. The summed E-state index contributed by atoms with van der Waals surface area (Å²) >= 11 is 0. The number of imide groups is 1. The van der Waals surface area contributed by atoms with Gasteiger partial charge in [-0.25, -0.2) is 4.79 Å². The van der Waals surface area contributed by atoms with Gasteiger partial charge < -0.3 is 15.8 Å². The van der Waals surface area contributed by atoms with Gasteiger partial charge in [0.15, 0.2) is 0 Å². The largest absolute Gasteiger partial charge is 0.374 e. The van der Waals surface area contributed by atoms with Crippen LogP contribution in [-0.2, 0) is 16.1 Å². The topological polar surface area (TPSA) is 93.4 Å². The van der Waals surface area contributed by atoms with E-state index >= 15 is 0 Å². The molecule has 0 unspecified atom stereocenters. The van der Waals surface area contributed by atoms with E-state index < -0.39 is 18.0 Å². The van der Waals surface area contributed by atoms with Crippen LogP contribution in [0.25, 0.3) is 0 Å². The third kappa shape index (κ3) is 5.85. The van der Waals surface area contributed by atoms with Crippen LogP contribution in [0.5, 0.6) is 0 Å². The van der Waals surface area contributed by atoms with E-state index in [2.05, 4.69) is 17.6 Å². The molecule has 1 aromatic carbocycles. The second-order valence-corrected chi connectivity index (χ2v) is 6.62. The molecule has 0 aromatic heterocycles. The molecule has 3 amide bonds. The second-order valence-electron chi connectivity index (χ2n) is 6.62. The van der Waals surface area contributed by atoms with Crippen LogP contribution in [0.4, 0.5) is 10.5 Å². The average molecular weight is 333 g/mol. The number of nitrogens with one attached hydrogen (secondary N) is 2. The lowest BCUT2D eigenvalue weighted by Gasteiger charge is -2.26. The van der Waals surface area contributed by atoms with Crippen LogP contribution in [-0.4, -0.2) is 24.1 Å². The van der Waals surface area contributed by atoms with E-state index in [4.69, 9.17) is 10.5 Å². The molecule has 6 heteroatoms. The number of primary amides is 1. The van der Waals surface area contributed by atoms with Gasteiger partial charge in [-0.15, -0.1) is 0 Å². The lowest BCUT2D eigenvalue weighted by molar-refractivity contribution is -0.120. The molecule has 6 nitrogen and oxygen atoms in total. The molecule has 4 N–H and O–H groups in total. The molecular weight excluding hydrogens is 306 g/mol. The van der Waals surface area contributed by atoms with Crippen molar-refractivity contribution in [3.05, 3.63) is 29.8 Å². The molecular formula is C18H27N3O3. The predicted molar refractivity (Wildman–Crippen MR) is 93.5 cm³/mol. The first-order chi connectivity index (χ1) is 11.4. The van der Waals surface area contributed by atoms with Crippen LogP contribution in [0.3, 0.4) is 0 Å². The minimum atomic E-state index is -0.850. The summed E-state index contributed by atoms with van der Waals surface area (Å²) in [4.78, 5) is 22.4. The number of hydrogen-bond donors (Lipinski definition) is 3. The number of urea groups is 1. The maximum atomic E-state index is 11.7. The van der Waals surface area contributed by atoms with Gasteiger partial charge in [0, 0.05) is 5.69 Å². The first-order valence-electron chi connectivity index (χ1n) is 8.51. The Labute approximate surface area is 143 Å². The number of benzene rings is 1. The lowest BCUT2D eigenvalue weighted by atomic mass is 9.89. The minimum Gasteiger partial charge on any atom is -0.374 e. The maximum absolute atomic E-state index is 11.7. The van der Waals surface area contributed by atoms with Gasteiger partial charge in [-0.05, 0) is 43.4 Å². The summed E-state index contributed by atoms with van der Waals surface area (Å²) in [6.07, 6.45) is 5.13. The Balaban J connectivity index is 1.86. The van der Waals surface area contributed by atoms with Crippen molar-refractivity contribution in [3.63, 3.8) is 0 Å². The van der Waals surface area contributed by atoms with Crippen LogP contribution in [0.15, 0.2) is 24.3 Å². The minimum absolute atomic E-state index is 0.339. The summed E-state index contributed by atoms with van der Waals surface area (Å²) in [7, 11) is 0. The highest BCUT2D eigenvalue weighted by atomic mass is 16.5. The maximum Gasteiger partial charge on any atom is 0.318 e. The molecule has 24 heavy (non-hydrogen) atoms. The summed E-state index contributed by atoms with van der Waals surface area (Å²) in [6.45, 7) is 4.51. The third-order valence-corrected chi connectivity index (χ3v) is 4.32. The van der Waals surface area contributed by atoms with Gasteiger partial charge in [0.1, 0.15) is 6.04 Å². The number of carbonyl (C=O) groups excluding carboxylic acids is 2. The lowest BCUT2D eigenvalue weighted by Crippen LogP contribution is -2.43. The van der Waals surface area contributed by atoms with Crippen molar-refractivity contribution >= 4 is 17.6 Å². The highest BCUT2D eigenvalue weighted by Gasteiger charge is 2.19. The van der Waals surface area contributed by atoms with Crippen molar-refractivity contribution in [1.29, 1.82) is 0 Å². The molecule has 1 aliphatic carbocycles. The van der Waals surface area contributed by atoms with E-state index in [1.165, 1.54) is 12.8 Å². The van der Waals surface area contributed by atoms with E-state index in [0.29, 0.717) is 12.7 Å². The first-order valence-corrected chi connectivity index (χ1v) is 8.51. The van der Waals surface area contributed by atoms with Crippen molar-refractivity contribution < 1.29 is 14.3 Å². The smallest absolute Gasteiger partial charge is 0.318 e. The molecule has 1 saturated carbocycles. The van der Waals surface area contributed by atoms with Crippen molar-refractivity contribution in [3.8, 4) is 0 Å². The highest BCUT2D eigenvalue weighted by molar-refractivity contribution is 5.97. The van der Waals surface area contributed by atoms with Crippen molar-refractivity contribution in [2.75, 3.05) is 5.32 Å². The Morgan fingerprint density at radius 1 is 1.38 bits per heavy atom. The van der Waals surface area contributed by atoms with Gasteiger partial charge in [-0.2, -0.15) is 0 Å². The van der Waals surface area contributed by atoms with Gasteiger partial charge in [-0.3, -0.25) is 10.1 Å². The summed E-state index contributed by atoms with van der Waals surface area (Å²) in [5, 5.41) is 5.12. The molecule has 0 heterocycles. The number of amides is 3. The molecule has 1 fully saturated rings. The van der Waals surface area contributed by atoms with Gasteiger partial charge in [-0.1, -0.05) is 31.9 Å². The Kier molecular flexibility index (Phi) is 6.61. The zero-order valence-electron chi connectivity index (χ0n) is 14.4. The fourth-order valence-electron chi connectivity index (χ4n) is 3.04. The third-order valence-electron chi connectivity index (χ3n) is 4.32. The normalized spacial score (nSPS) is 21.8. The number of rotatable bonds is 6. The Hall–Kier alpha value is -2.08. The number of hydrogen-bond acceptors (Lipinski definition) is 4. The van der Waals surface area contributed by atoms with Crippen LogP contribution in [0.1, 0.15) is 45.1 Å². The molecule has 0 bridgehead atoms. The van der Waals surface area contributed by atoms with E-state index in [1.807, 2.05) is 24.3 Å². The van der Waals surface area contributed by atoms with Crippen LogP contribution in [0, 0.1) is 5.92 Å². The van der Waals surface area contributed by atoms with Gasteiger partial charge in [0.05, 0.1) is 12.7 Å². The molecule has 0 radical (unpaired) electrons. The summed E-state index contributed by atoms with van der Waals surface area (Å²) in [6, 6.07) is 6.35. The SMILES string of the molecule is C[C@@H]1CCC[C@H](OCc2cccc(N[C@@H](C)C(=O)NC(N)=O)c2)C1. The number of carbonyl (C=O) groups is 2. The molecule has 3 atom stereocenters. The van der Waals surface area contributed by atoms with Crippen LogP contribution in [0.2, 0.25) is 0 Å². The highest BCUT2D eigenvalue weighted by Crippen LogP contribution is 2.26. The van der Waals surface area contributed by atoms with E-state index in [-0.39, 0.29) is 0 Å². The molecule has 2 rings (SSSR count). The average Bonchev–Trinajstić information content (AvgIpc) is 2.53. The van der Waals surface area contributed by atoms with Gasteiger partial charge >= 0.3 is 6.03 Å². The van der Waals surface area contributed by atoms with Crippen molar-refractivity contribution in [1.82, 2.24) is 5.32 Å². The first kappa shape index (κ1) is 18.3. The van der Waals surface area contributed by atoms with Crippen LogP contribution >= 0.6 is 0 Å². The second kappa shape index (κ2) is 8.68. The summed E-state index contributed by atoms with van der Waals surface area (Å²) in [5.41, 5.74) is 6.82.